The third kappa shape index (κ3) is 5.24. The lowest BCUT2D eigenvalue weighted by Gasteiger charge is -2.32. The van der Waals surface area contributed by atoms with Crippen molar-refractivity contribution < 1.29 is 0 Å². The molecule has 2 rings (SSSR count). The molecular weight excluding hydrogens is 328 g/mol. The monoisotopic (exact) mass is 368 g/mol. The number of aromatic nitrogens is 2. The Labute approximate surface area is 167 Å². The fourth-order valence-electron chi connectivity index (χ4n) is 3.37. The van der Waals surface area contributed by atoms with E-state index in [1.54, 1.807) is 0 Å². The van der Waals surface area contributed by atoms with Crippen LogP contribution in [0.1, 0.15) is 98.8 Å². The number of rotatable bonds is 5. The normalized spacial score (nSPS) is 13.9. The van der Waals surface area contributed by atoms with Crippen molar-refractivity contribution in [1.82, 2.24) is 9.78 Å². The van der Waals surface area contributed by atoms with E-state index in [0.29, 0.717) is 0 Å². The van der Waals surface area contributed by atoms with Crippen LogP contribution in [-0.2, 0) is 21.8 Å². The lowest BCUT2D eigenvalue weighted by atomic mass is 9.73. The third-order valence-electron chi connectivity index (χ3n) is 5.96. The Kier molecular flexibility index (Phi) is 5.72. The van der Waals surface area contributed by atoms with E-state index < -0.39 is 0 Å². The molecule has 0 saturated heterocycles. The zero-order valence-electron chi connectivity index (χ0n) is 19.3. The van der Waals surface area contributed by atoms with Crippen LogP contribution in [0.15, 0.2) is 36.7 Å². The van der Waals surface area contributed by atoms with Crippen LogP contribution in [0.2, 0.25) is 0 Å². The average Bonchev–Trinajstić information content (AvgIpc) is 3.04. The summed E-state index contributed by atoms with van der Waals surface area (Å²) in [7, 11) is 0. The number of nitrogens with zero attached hydrogens (tertiary/aromatic N) is 2. The predicted molar refractivity (Wildman–Crippen MR) is 118 cm³/mol. The highest BCUT2D eigenvalue weighted by Crippen LogP contribution is 2.37. The average molecular weight is 369 g/mol. The third-order valence-corrected chi connectivity index (χ3v) is 5.96. The Bertz CT molecular complexity index is 747. The molecule has 0 bridgehead atoms. The summed E-state index contributed by atoms with van der Waals surface area (Å²) in [6, 6.07) is 9.25. The van der Waals surface area contributed by atoms with Gasteiger partial charge < -0.3 is 0 Å². The minimum absolute atomic E-state index is 0.0302. The second-order valence-corrected chi connectivity index (χ2v) is 11.4. The molecule has 0 spiro atoms. The number of hydrogen-bond donors (Lipinski definition) is 0. The van der Waals surface area contributed by atoms with Gasteiger partial charge in [-0.1, -0.05) is 72.7 Å². The van der Waals surface area contributed by atoms with Gasteiger partial charge >= 0.3 is 0 Å². The summed E-state index contributed by atoms with van der Waals surface area (Å²) in [4.78, 5) is 0. The highest BCUT2D eigenvalue weighted by atomic mass is 15.3. The first-order valence-corrected chi connectivity index (χ1v) is 10.3. The van der Waals surface area contributed by atoms with E-state index in [9.17, 15) is 0 Å². The van der Waals surface area contributed by atoms with Gasteiger partial charge in [-0.2, -0.15) is 5.10 Å². The highest BCUT2D eigenvalue weighted by molar-refractivity contribution is 5.31. The fourth-order valence-corrected chi connectivity index (χ4v) is 3.37. The van der Waals surface area contributed by atoms with Crippen LogP contribution < -0.4 is 0 Å². The van der Waals surface area contributed by atoms with Crippen LogP contribution in [0.3, 0.4) is 0 Å². The molecule has 0 aliphatic heterocycles. The molecule has 0 unspecified atom stereocenters. The standard InChI is InChI=1S/C25H40N2/c1-22(2,3)19-11-13-20(14-12-19)24(7,8)15-16-25(9,10)21-17-26-27(18-21)23(4,5)6/h11-14,17-18H,15-16H2,1-10H3. The smallest absolute Gasteiger partial charge is 0.0543 e. The molecule has 0 fully saturated rings. The van der Waals surface area contributed by atoms with E-state index in [2.05, 4.69) is 116 Å². The van der Waals surface area contributed by atoms with Crippen LogP contribution in [-0.4, -0.2) is 9.78 Å². The summed E-state index contributed by atoms with van der Waals surface area (Å²) in [6.07, 6.45) is 6.56. The molecule has 27 heavy (non-hydrogen) atoms. The molecule has 0 radical (unpaired) electrons. The molecule has 0 saturated carbocycles. The van der Waals surface area contributed by atoms with Gasteiger partial charge in [-0.3, -0.25) is 4.68 Å². The summed E-state index contributed by atoms with van der Waals surface area (Å²) in [5.74, 6) is 0. The Morgan fingerprint density at radius 2 is 1.11 bits per heavy atom. The van der Waals surface area contributed by atoms with Gasteiger partial charge in [0.25, 0.3) is 0 Å². The maximum atomic E-state index is 4.61. The van der Waals surface area contributed by atoms with Crippen LogP contribution in [0.5, 0.6) is 0 Å². The van der Waals surface area contributed by atoms with Crippen molar-refractivity contribution in [1.29, 1.82) is 0 Å². The first-order valence-electron chi connectivity index (χ1n) is 10.3. The predicted octanol–water partition coefficient (Wildman–Crippen LogP) is 6.97. The molecule has 0 aliphatic rings. The Morgan fingerprint density at radius 1 is 0.667 bits per heavy atom. The molecular formula is C25H40N2. The molecule has 2 aromatic rings. The Morgan fingerprint density at radius 3 is 1.52 bits per heavy atom. The minimum Gasteiger partial charge on any atom is -0.267 e. The van der Waals surface area contributed by atoms with Gasteiger partial charge in [-0.05, 0) is 66.5 Å². The maximum absolute atomic E-state index is 4.61. The first-order chi connectivity index (χ1) is 12.1. The van der Waals surface area contributed by atoms with Gasteiger partial charge in [0.2, 0.25) is 0 Å². The van der Waals surface area contributed by atoms with Gasteiger partial charge in [0.05, 0.1) is 11.7 Å². The second-order valence-electron chi connectivity index (χ2n) is 11.4. The summed E-state index contributed by atoms with van der Waals surface area (Å²) in [5.41, 5.74) is 4.67. The van der Waals surface area contributed by atoms with E-state index in [-0.39, 0.29) is 21.8 Å². The zero-order chi connectivity index (χ0) is 20.7. The quantitative estimate of drug-likeness (QED) is 0.557. The minimum atomic E-state index is 0.0302. The van der Waals surface area contributed by atoms with Crippen molar-refractivity contribution in [2.24, 2.45) is 0 Å². The molecule has 1 heterocycles. The van der Waals surface area contributed by atoms with Crippen LogP contribution >= 0.6 is 0 Å². The lowest BCUT2D eigenvalue weighted by molar-refractivity contribution is 0.351. The summed E-state index contributed by atoms with van der Waals surface area (Å²) < 4.78 is 2.08. The molecule has 0 amide bonds. The summed E-state index contributed by atoms with van der Waals surface area (Å²) >= 11 is 0. The van der Waals surface area contributed by atoms with E-state index in [1.165, 1.54) is 16.7 Å². The van der Waals surface area contributed by atoms with Crippen molar-refractivity contribution in [3.63, 3.8) is 0 Å². The van der Waals surface area contributed by atoms with E-state index in [0.717, 1.165) is 12.8 Å². The molecule has 1 aromatic carbocycles. The zero-order valence-corrected chi connectivity index (χ0v) is 19.3. The van der Waals surface area contributed by atoms with Crippen molar-refractivity contribution in [3.05, 3.63) is 53.3 Å². The summed E-state index contributed by atoms with van der Waals surface area (Å²) in [6.45, 7) is 22.8. The fraction of sp³-hybridized carbons (Fsp3) is 0.640. The highest BCUT2D eigenvalue weighted by Gasteiger charge is 2.29. The van der Waals surface area contributed by atoms with Gasteiger partial charge in [0.1, 0.15) is 0 Å². The molecule has 0 aliphatic carbocycles. The van der Waals surface area contributed by atoms with Crippen molar-refractivity contribution in [2.75, 3.05) is 0 Å². The van der Waals surface area contributed by atoms with Crippen molar-refractivity contribution in [3.8, 4) is 0 Å². The topological polar surface area (TPSA) is 17.8 Å². The Balaban J connectivity index is 2.12. The van der Waals surface area contributed by atoms with Crippen molar-refractivity contribution >= 4 is 0 Å². The van der Waals surface area contributed by atoms with Crippen LogP contribution in [0, 0.1) is 0 Å². The van der Waals surface area contributed by atoms with Gasteiger partial charge in [-0.25, -0.2) is 0 Å². The molecule has 2 heteroatoms. The second kappa shape index (κ2) is 7.11. The molecule has 0 atom stereocenters. The van der Waals surface area contributed by atoms with Crippen LogP contribution in [0.25, 0.3) is 0 Å². The van der Waals surface area contributed by atoms with E-state index >= 15 is 0 Å². The van der Waals surface area contributed by atoms with Gasteiger partial charge in [0, 0.05) is 6.20 Å². The van der Waals surface area contributed by atoms with E-state index in [4.69, 9.17) is 0 Å². The largest absolute Gasteiger partial charge is 0.267 e. The maximum Gasteiger partial charge on any atom is 0.0543 e. The molecule has 2 nitrogen and oxygen atoms in total. The molecule has 150 valence electrons. The van der Waals surface area contributed by atoms with Crippen LogP contribution in [0.4, 0.5) is 0 Å². The number of hydrogen-bond acceptors (Lipinski definition) is 1. The number of benzene rings is 1. The Hall–Kier alpha value is -1.57. The van der Waals surface area contributed by atoms with Crippen molar-refractivity contribution in [2.45, 2.75) is 104 Å². The SMILES string of the molecule is CC(C)(C)c1ccc(C(C)(C)CCC(C)(C)c2cnn(C(C)(C)C)c2)cc1. The van der Waals surface area contributed by atoms with Gasteiger partial charge in [-0.15, -0.1) is 0 Å². The van der Waals surface area contributed by atoms with E-state index in [1.807, 2.05) is 0 Å². The lowest BCUT2D eigenvalue weighted by Crippen LogP contribution is -2.25. The summed E-state index contributed by atoms with van der Waals surface area (Å²) in [5, 5.41) is 4.61. The molecule has 0 N–H and O–H groups in total. The first kappa shape index (κ1) is 21.7. The van der Waals surface area contributed by atoms with Gasteiger partial charge in [0.15, 0.2) is 0 Å². The molecule has 1 aromatic heterocycles.